The summed E-state index contributed by atoms with van der Waals surface area (Å²) in [7, 11) is -4.27. The molecule has 2 heterocycles. The summed E-state index contributed by atoms with van der Waals surface area (Å²) in [4.78, 5) is 55.6. The Morgan fingerprint density at radius 2 is 1.63 bits per heavy atom. The molecule has 5 rings (SSSR count). The van der Waals surface area contributed by atoms with E-state index in [0.29, 0.717) is 34.6 Å². The second-order valence-electron chi connectivity index (χ2n) is 10.7. The Balaban J connectivity index is 1.33. The van der Waals surface area contributed by atoms with Crippen LogP contribution in [-0.2, 0) is 30.8 Å². The second kappa shape index (κ2) is 14.0. The number of sulfonamides is 1. The Hall–Kier alpha value is -4.26. The van der Waals surface area contributed by atoms with Gasteiger partial charge in [-0.15, -0.1) is 23.1 Å². The van der Waals surface area contributed by atoms with Crippen molar-refractivity contribution in [3.05, 3.63) is 106 Å². The molecule has 2 unspecified atom stereocenters. The number of carbonyl (C=O) groups excluding carboxylic acids is 4. The van der Waals surface area contributed by atoms with Crippen molar-refractivity contribution in [2.45, 2.75) is 36.3 Å². The third-order valence-electron chi connectivity index (χ3n) is 7.86. The zero-order chi connectivity index (χ0) is 32.9. The van der Waals surface area contributed by atoms with Crippen LogP contribution in [0.15, 0.2) is 101 Å². The standard InChI is InChI=1S/C34H33N3O6S3/c1-3-37(4-2)32(40)28(31(39)36-46(42,43)27-17-14-24-9-5-6-10-25(24)22-27)21-23-12-15-26(16-13-23)35-33(41)34(18-8-20-45-34)30(38)29-11-7-19-44-29/h5-17,19-20,22,28H,3-4,18,21H2,1-2H3,(H,35,41)(H,36,39). The van der Waals surface area contributed by atoms with Gasteiger partial charge in [0.25, 0.3) is 10.0 Å². The van der Waals surface area contributed by atoms with Crippen molar-refractivity contribution in [3.8, 4) is 0 Å². The smallest absolute Gasteiger partial charge is 0.264 e. The minimum absolute atomic E-state index is 0.0663. The number of ketones is 1. The molecule has 3 aromatic carbocycles. The van der Waals surface area contributed by atoms with Crippen LogP contribution in [0.1, 0.15) is 35.5 Å². The number of allylic oxidation sites excluding steroid dienone is 1. The van der Waals surface area contributed by atoms with Gasteiger partial charge in [-0.2, -0.15) is 0 Å². The van der Waals surface area contributed by atoms with Gasteiger partial charge in [0.1, 0.15) is 5.92 Å². The maximum absolute atomic E-state index is 13.5. The number of nitrogens with zero attached hydrogens (tertiary/aromatic N) is 1. The lowest BCUT2D eigenvalue weighted by Gasteiger charge is -2.25. The lowest BCUT2D eigenvalue weighted by atomic mass is 9.95. The van der Waals surface area contributed by atoms with Crippen LogP contribution in [0, 0.1) is 5.92 Å². The first-order valence-corrected chi connectivity index (χ1v) is 18.0. The number of anilines is 1. The van der Waals surface area contributed by atoms with Crippen LogP contribution in [0.4, 0.5) is 5.69 Å². The van der Waals surface area contributed by atoms with Gasteiger partial charge in [-0.1, -0.05) is 54.6 Å². The van der Waals surface area contributed by atoms with Crippen molar-refractivity contribution in [2.24, 2.45) is 5.92 Å². The number of fused-ring (bicyclic) bond motifs is 1. The predicted molar refractivity (Wildman–Crippen MR) is 182 cm³/mol. The fourth-order valence-electron chi connectivity index (χ4n) is 5.27. The van der Waals surface area contributed by atoms with Crippen molar-refractivity contribution in [2.75, 3.05) is 18.4 Å². The van der Waals surface area contributed by atoms with E-state index < -0.39 is 38.4 Å². The molecular weight excluding hydrogens is 643 g/mol. The third-order valence-corrected chi connectivity index (χ3v) is 11.3. The van der Waals surface area contributed by atoms with Crippen LogP contribution >= 0.6 is 23.1 Å². The molecular formula is C34H33N3O6S3. The Morgan fingerprint density at radius 3 is 2.26 bits per heavy atom. The van der Waals surface area contributed by atoms with Gasteiger partial charge < -0.3 is 10.2 Å². The number of benzene rings is 3. The van der Waals surface area contributed by atoms with Gasteiger partial charge in [0.2, 0.25) is 17.7 Å². The number of Topliss-reactive ketones (excluding diaryl/α,β-unsaturated/α-hetero) is 1. The first kappa shape index (κ1) is 33.1. The average Bonchev–Trinajstić information content (AvgIpc) is 3.78. The molecule has 1 aromatic heterocycles. The van der Waals surface area contributed by atoms with Gasteiger partial charge in [0.15, 0.2) is 10.5 Å². The summed E-state index contributed by atoms with van der Waals surface area (Å²) >= 11 is 2.47. The van der Waals surface area contributed by atoms with E-state index in [2.05, 4.69) is 10.0 Å². The van der Waals surface area contributed by atoms with E-state index in [0.717, 1.165) is 5.39 Å². The van der Waals surface area contributed by atoms with Crippen LogP contribution < -0.4 is 10.0 Å². The fourth-order valence-corrected chi connectivity index (χ4v) is 8.12. The molecule has 3 amide bonds. The van der Waals surface area contributed by atoms with E-state index in [9.17, 15) is 27.6 Å². The van der Waals surface area contributed by atoms with Gasteiger partial charge in [-0.05, 0) is 84.1 Å². The molecule has 9 nitrogen and oxygen atoms in total. The highest BCUT2D eigenvalue weighted by Crippen LogP contribution is 2.41. The van der Waals surface area contributed by atoms with Crippen molar-refractivity contribution < 1.29 is 27.6 Å². The second-order valence-corrected chi connectivity index (χ2v) is 14.6. The molecule has 238 valence electrons. The number of rotatable bonds is 12. The highest BCUT2D eigenvalue weighted by molar-refractivity contribution is 8.05. The van der Waals surface area contributed by atoms with Crippen LogP contribution in [0.2, 0.25) is 0 Å². The molecule has 1 aliphatic rings. The SMILES string of the molecule is CCN(CC)C(=O)C(Cc1ccc(NC(=O)C2(C(=O)c3cccs3)CC=CS2)cc1)C(=O)NS(=O)(=O)c1ccc2ccccc2c1. The number of thiophene rings is 1. The molecule has 0 aliphatic carbocycles. The summed E-state index contributed by atoms with van der Waals surface area (Å²) in [5, 5.41) is 7.94. The number of thioether (sulfide) groups is 1. The maximum Gasteiger partial charge on any atom is 0.264 e. The Kier molecular flexibility index (Phi) is 10.1. The van der Waals surface area contributed by atoms with Gasteiger partial charge in [-0.3, -0.25) is 19.2 Å². The number of amides is 3. The van der Waals surface area contributed by atoms with E-state index >= 15 is 0 Å². The summed E-state index contributed by atoms with van der Waals surface area (Å²) in [6.45, 7) is 4.27. The summed E-state index contributed by atoms with van der Waals surface area (Å²) in [5.74, 6) is -3.44. The van der Waals surface area contributed by atoms with Gasteiger partial charge in [0, 0.05) is 18.8 Å². The summed E-state index contributed by atoms with van der Waals surface area (Å²) in [5.41, 5.74) is 1.03. The van der Waals surface area contributed by atoms with Gasteiger partial charge in [-0.25, -0.2) is 13.1 Å². The summed E-state index contributed by atoms with van der Waals surface area (Å²) in [6.07, 6.45) is 2.00. The quantitative estimate of drug-likeness (QED) is 0.147. The third kappa shape index (κ3) is 6.93. The van der Waals surface area contributed by atoms with E-state index in [1.165, 1.54) is 40.1 Å². The normalized spacial score (nSPS) is 16.6. The molecule has 4 aromatic rings. The minimum Gasteiger partial charge on any atom is -0.343 e. The largest absolute Gasteiger partial charge is 0.343 e. The molecule has 2 atom stereocenters. The average molecular weight is 676 g/mol. The maximum atomic E-state index is 13.5. The number of carbonyl (C=O) groups is 4. The highest BCUT2D eigenvalue weighted by Gasteiger charge is 2.48. The molecule has 0 fully saturated rings. The summed E-state index contributed by atoms with van der Waals surface area (Å²) < 4.78 is 27.3. The number of nitrogens with one attached hydrogen (secondary N) is 2. The van der Waals surface area contributed by atoms with E-state index in [-0.39, 0.29) is 23.5 Å². The fraction of sp³-hybridized carbons (Fsp3) is 0.235. The number of hydrogen-bond donors (Lipinski definition) is 2. The molecule has 0 spiro atoms. The van der Waals surface area contributed by atoms with Crippen LogP contribution in [0.3, 0.4) is 0 Å². The Labute approximate surface area is 276 Å². The van der Waals surface area contributed by atoms with Gasteiger partial charge >= 0.3 is 0 Å². The monoisotopic (exact) mass is 675 g/mol. The zero-order valence-electron chi connectivity index (χ0n) is 25.3. The van der Waals surface area contributed by atoms with Crippen molar-refractivity contribution in [1.29, 1.82) is 0 Å². The molecule has 0 radical (unpaired) electrons. The highest BCUT2D eigenvalue weighted by atomic mass is 32.2. The predicted octanol–water partition coefficient (Wildman–Crippen LogP) is 5.64. The molecule has 0 bridgehead atoms. The minimum atomic E-state index is -4.27. The molecule has 0 saturated heterocycles. The number of hydrogen-bond acceptors (Lipinski definition) is 8. The lowest BCUT2D eigenvalue weighted by molar-refractivity contribution is -0.141. The first-order valence-electron chi connectivity index (χ1n) is 14.7. The van der Waals surface area contributed by atoms with E-state index in [4.69, 9.17) is 0 Å². The topological polar surface area (TPSA) is 130 Å². The molecule has 0 saturated carbocycles. The molecule has 46 heavy (non-hydrogen) atoms. The lowest BCUT2D eigenvalue weighted by Crippen LogP contribution is -2.46. The van der Waals surface area contributed by atoms with Crippen LogP contribution in [0.5, 0.6) is 0 Å². The summed E-state index contributed by atoms with van der Waals surface area (Å²) in [6, 6.07) is 21.9. The van der Waals surface area contributed by atoms with Crippen LogP contribution in [0.25, 0.3) is 10.8 Å². The molecule has 1 aliphatic heterocycles. The molecule has 2 N–H and O–H groups in total. The first-order chi connectivity index (χ1) is 22.1. The van der Waals surface area contributed by atoms with Gasteiger partial charge in [0.05, 0.1) is 9.77 Å². The Morgan fingerprint density at radius 1 is 0.913 bits per heavy atom. The van der Waals surface area contributed by atoms with Crippen molar-refractivity contribution in [3.63, 3.8) is 0 Å². The van der Waals surface area contributed by atoms with E-state index in [1.807, 2.05) is 12.1 Å². The van der Waals surface area contributed by atoms with Crippen molar-refractivity contribution >= 4 is 73.1 Å². The van der Waals surface area contributed by atoms with Crippen LogP contribution in [-0.4, -0.2) is 54.7 Å². The van der Waals surface area contributed by atoms with E-state index in [1.54, 1.807) is 85.3 Å². The zero-order valence-corrected chi connectivity index (χ0v) is 27.7. The van der Waals surface area contributed by atoms with Crippen molar-refractivity contribution in [1.82, 2.24) is 9.62 Å². The molecule has 12 heteroatoms. The Bertz CT molecular complexity index is 1890.